The third-order valence-corrected chi connectivity index (χ3v) is 5.78. The fourth-order valence-electron chi connectivity index (χ4n) is 3.34. The first-order valence-corrected chi connectivity index (χ1v) is 10.6. The molecule has 3 rings (SSSR count). The minimum Gasteiger partial charge on any atom is -0.497 e. The number of amides is 1. The van der Waals surface area contributed by atoms with Crippen molar-refractivity contribution >= 4 is 17.2 Å². The van der Waals surface area contributed by atoms with Gasteiger partial charge >= 0.3 is 0 Å². The molecule has 1 amide bonds. The molecule has 1 aromatic carbocycles. The fourth-order valence-corrected chi connectivity index (χ4v) is 4.05. The lowest BCUT2D eigenvalue weighted by molar-refractivity contribution is -0.122. The summed E-state index contributed by atoms with van der Waals surface area (Å²) in [7, 11) is 1.67. The molecule has 1 N–H and O–H groups in total. The molecule has 0 spiro atoms. The van der Waals surface area contributed by atoms with E-state index in [2.05, 4.69) is 22.1 Å². The zero-order chi connectivity index (χ0) is 20.1. The number of methoxy groups -OCH3 is 1. The van der Waals surface area contributed by atoms with Crippen molar-refractivity contribution in [2.24, 2.45) is 0 Å². The minimum absolute atomic E-state index is 0.0437. The number of hydrogen-bond acceptors (Lipinski definition) is 6. The van der Waals surface area contributed by atoms with Gasteiger partial charge < -0.3 is 14.8 Å². The maximum atomic E-state index is 12.4. The lowest BCUT2D eigenvalue weighted by Gasteiger charge is -2.23. The zero-order valence-electron chi connectivity index (χ0n) is 17.0. The van der Waals surface area contributed by atoms with E-state index in [0.717, 1.165) is 47.3 Å². The average Bonchev–Trinajstić information content (AvgIpc) is 3.04. The SMILES string of the molecule is CC[C@H]1CN(CCC(=O)N[C@@H](C)c2csc(C)n2)Cc2cc(OC)ccc2O1. The molecule has 0 saturated carbocycles. The molecule has 0 unspecified atom stereocenters. The molecule has 0 saturated heterocycles. The second-order valence-corrected chi connectivity index (χ2v) is 8.25. The van der Waals surface area contributed by atoms with Crippen molar-refractivity contribution in [3.63, 3.8) is 0 Å². The van der Waals surface area contributed by atoms with Gasteiger partial charge in [-0.2, -0.15) is 0 Å². The predicted molar refractivity (Wildman–Crippen MR) is 111 cm³/mol. The van der Waals surface area contributed by atoms with Crippen molar-refractivity contribution in [3.05, 3.63) is 39.8 Å². The Morgan fingerprint density at radius 2 is 2.32 bits per heavy atom. The Hall–Kier alpha value is -2.12. The Kier molecular flexibility index (Phi) is 6.91. The van der Waals surface area contributed by atoms with E-state index >= 15 is 0 Å². The Bertz CT molecular complexity index is 808. The quantitative estimate of drug-likeness (QED) is 0.764. The molecule has 6 nitrogen and oxygen atoms in total. The van der Waals surface area contributed by atoms with E-state index in [1.165, 1.54) is 0 Å². The summed E-state index contributed by atoms with van der Waals surface area (Å²) in [5, 5.41) is 6.07. The van der Waals surface area contributed by atoms with Gasteiger partial charge in [0.25, 0.3) is 0 Å². The van der Waals surface area contributed by atoms with E-state index in [0.29, 0.717) is 13.0 Å². The monoisotopic (exact) mass is 403 g/mol. The van der Waals surface area contributed by atoms with Gasteiger partial charge in [0.2, 0.25) is 5.91 Å². The second kappa shape index (κ2) is 9.39. The van der Waals surface area contributed by atoms with Crippen molar-refractivity contribution in [2.45, 2.75) is 52.3 Å². The largest absolute Gasteiger partial charge is 0.497 e. The number of ether oxygens (including phenoxy) is 2. The van der Waals surface area contributed by atoms with Crippen molar-refractivity contribution < 1.29 is 14.3 Å². The van der Waals surface area contributed by atoms with Crippen molar-refractivity contribution in [2.75, 3.05) is 20.2 Å². The van der Waals surface area contributed by atoms with Crippen LogP contribution in [-0.2, 0) is 11.3 Å². The van der Waals surface area contributed by atoms with Crippen molar-refractivity contribution in [1.29, 1.82) is 0 Å². The topological polar surface area (TPSA) is 63.7 Å². The molecule has 152 valence electrons. The van der Waals surface area contributed by atoms with Crippen LogP contribution in [0.3, 0.4) is 0 Å². The van der Waals surface area contributed by atoms with Crippen LogP contribution in [0.15, 0.2) is 23.6 Å². The first-order chi connectivity index (χ1) is 13.5. The van der Waals surface area contributed by atoms with E-state index in [1.807, 2.05) is 37.4 Å². The van der Waals surface area contributed by atoms with Gasteiger partial charge in [0.05, 0.1) is 23.9 Å². The van der Waals surface area contributed by atoms with Crippen LogP contribution in [0.25, 0.3) is 0 Å². The highest BCUT2D eigenvalue weighted by Gasteiger charge is 2.23. The Morgan fingerprint density at radius 1 is 1.50 bits per heavy atom. The van der Waals surface area contributed by atoms with Gasteiger partial charge in [-0.25, -0.2) is 4.98 Å². The first-order valence-electron chi connectivity index (χ1n) is 9.75. The Balaban J connectivity index is 1.59. The molecular weight excluding hydrogens is 374 g/mol. The number of nitrogens with one attached hydrogen (secondary N) is 1. The number of benzene rings is 1. The highest BCUT2D eigenvalue weighted by Crippen LogP contribution is 2.29. The summed E-state index contributed by atoms with van der Waals surface area (Å²) in [5.41, 5.74) is 2.02. The molecule has 0 bridgehead atoms. The van der Waals surface area contributed by atoms with Crippen LogP contribution in [0, 0.1) is 6.92 Å². The van der Waals surface area contributed by atoms with Gasteiger partial charge in [0, 0.05) is 37.0 Å². The predicted octanol–water partition coefficient (Wildman–Crippen LogP) is 3.70. The molecule has 1 aliphatic heterocycles. The highest BCUT2D eigenvalue weighted by molar-refractivity contribution is 7.09. The normalized spacial score (nSPS) is 17.9. The number of rotatable bonds is 7. The summed E-state index contributed by atoms with van der Waals surface area (Å²) in [6, 6.07) is 5.85. The van der Waals surface area contributed by atoms with Crippen LogP contribution >= 0.6 is 11.3 Å². The smallest absolute Gasteiger partial charge is 0.221 e. The van der Waals surface area contributed by atoms with E-state index in [-0.39, 0.29) is 18.1 Å². The van der Waals surface area contributed by atoms with Gasteiger partial charge in [-0.1, -0.05) is 6.92 Å². The number of carbonyl (C=O) groups is 1. The van der Waals surface area contributed by atoms with Crippen LogP contribution < -0.4 is 14.8 Å². The van der Waals surface area contributed by atoms with Crippen LogP contribution in [-0.4, -0.2) is 42.1 Å². The van der Waals surface area contributed by atoms with E-state index in [1.54, 1.807) is 18.4 Å². The highest BCUT2D eigenvalue weighted by atomic mass is 32.1. The minimum atomic E-state index is -0.0710. The summed E-state index contributed by atoms with van der Waals surface area (Å²) < 4.78 is 11.5. The number of nitrogens with zero attached hydrogens (tertiary/aromatic N) is 2. The van der Waals surface area contributed by atoms with Crippen LogP contribution in [0.5, 0.6) is 11.5 Å². The molecule has 0 fully saturated rings. The molecule has 28 heavy (non-hydrogen) atoms. The van der Waals surface area contributed by atoms with E-state index in [4.69, 9.17) is 9.47 Å². The van der Waals surface area contributed by atoms with Gasteiger partial charge in [-0.15, -0.1) is 11.3 Å². The van der Waals surface area contributed by atoms with Crippen molar-refractivity contribution in [3.8, 4) is 11.5 Å². The Labute approximate surface area is 170 Å². The summed E-state index contributed by atoms with van der Waals surface area (Å²) in [6.45, 7) is 8.31. The lowest BCUT2D eigenvalue weighted by Crippen LogP contribution is -2.36. The molecule has 2 aromatic rings. The Morgan fingerprint density at radius 3 is 3.00 bits per heavy atom. The van der Waals surface area contributed by atoms with Gasteiger partial charge in [0.1, 0.15) is 17.6 Å². The van der Waals surface area contributed by atoms with Crippen LogP contribution in [0.4, 0.5) is 0 Å². The fraction of sp³-hybridized carbons (Fsp3) is 0.524. The molecule has 2 atom stereocenters. The third kappa shape index (κ3) is 5.23. The average molecular weight is 404 g/mol. The number of fused-ring (bicyclic) bond motifs is 1. The molecular formula is C21H29N3O3S. The molecule has 7 heteroatoms. The summed E-state index contributed by atoms with van der Waals surface area (Å²) in [5.74, 6) is 1.77. The van der Waals surface area contributed by atoms with E-state index < -0.39 is 0 Å². The number of thiazole rings is 1. The summed E-state index contributed by atoms with van der Waals surface area (Å²) in [6.07, 6.45) is 1.49. The first kappa shape index (κ1) is 20.6. The summed E-state index contributed by atoms with van der Waals surface area (Å²) in [4.78, 5) is 19.2. The van der Waals surface area contributed by atoms with Gasteiger partial charge in [0.15, 0.2) is 0 Å². The molecule has 1 aromatic heterocycles. The lowest BCUT2D eigenvalue weighted by atomic mass is 10.1. The summed E-state index contributed by atoms with van der Waals surface area (Å²) >= 11 is 1.60. The second-order valence-electron chi connectivity index (χ2n) is 7.19. The number of hydrogen-bond donors (Lipinski definition) is 1. The maximum absolute atomic E-state index is 12.4. The van der Waals surface area contributed by atoms with Crippen LogP contribution in [0.1, 0.15) is 49.0 Å². The molecule has 0 aliphatic carbocycles. The van der Waals surface area contributed by atoms with Crippen LogP contribution in [0.2, 0.25) is 0 Å². The third-order valence-electron chi connectivity index (χ3n) is 4.99. The zero-order valence-corrected chi connectivity index (χ0v) is 17.8. The number of aryl methyl sites for hydroxylation is 1. The van der Waals surface area contributed by atoms with Gasteiger partial charge in [-0.05, 0) is 38.5 Å². The number of carbonyl (C=O) groups excluding carboxylic acids is 1. The van der Waals surface area contributed by atoms with Gasteiger partial charge in [-0.3, -0.25) is 9.69 Å². The number of aromatic nitrogens is 1. The molecule has 1 aliphatic rings. The molecule has 0 radical (unpaired) electrons. The van der Waals surface area contributed by atoms with E-state index in [9.17, 15) is 4.79 Å². The standard InChI is InChI=1S/C21H29N3O3S/c1-5-17-12-24(11-16-10-18(26-4)6-7-20(16)27-17)9-8-21(25)22-14(2)19-13-28-15(3)23-19/h6-7,10,13-14,17H,5,8-9,11-12H2,1-4H3,(H,22,25)/t14-,17-/m0/s1. The molecule has 2 heterocycles. The van der Waals surface area contributed by atoms with Crippen molar-refractivity contribution in [1.82, 2.24) is 15.2 Å². The maximum Gasteiger partial charge on any atom is 0.221 e.